The molecule has 3 heteroatoms. The predicted octanol–water partition coefficient (Wildman–Crippen LogP) is 1.31. The molecular formula is C12H24N2O. The molecule has 88 valence electrons. The molecule has 2 fully saturated rings. The Balaban J connectivity index is 1.81. The van der Waals surface area contributed by atoms with Crippen LogP contribution in [0.3, 0.4) is 0 Å². The Morgan fingerprint density at radius 1 is 1.00 bits per heavy atom. The van der Waals surface area contributed by atoms with Gasteiger partial charge in [0.2, 0.25) is 0 Å². The molecule has 3 N–H and O–H groups in total. The smallest absolute Gasteiger partial charge is 0.110 e. The largest absolute Gasteiger partial charge is 0.378 e. The van der Waals surface area contributed by atoms with E-state index in [1.54, 1.807) is 0 Å². The third kappa shape index (κ3) is 2.92. The highest BCUT2D eigenvalue weighted by atomic mass is 16.3. The zero-order chi connectivity index (χ0) is 10.7. The fourth-order valence-electron chi connectivity index (χ4n) is 2.92. The van der Waals surface area contributed by atoms with E-state index in [0.717, 1.165) is 38.8 Å². The minimum absolute atomic E-state index is 0.196. The minimum atomic E-state index is -0.196. The van der Waals surface area contributed by atoms with Crippen LogP contribution >= 0.6 is 0 Å². The lowest BCUT2D eigenvalue weighted by atomic mass is 9.84. The molecule has 0 radical (unpaired) electrons. The number of nitrogens with zero attached hydrogens (tertiary/aromatic N) is 1. The van der Waals surface area contributed by atoms with Gasteiger partial charge in [0.15, 0.2) is 0 Å². The monoisotopic (exact) mass is 212 g/mol. The van der Waals surface area contributed by atoms with Crippen molar-refractivity contribution >= 4 is 0 Å². The Morgan fingerprint density at radius 2 is 1.60 bits per heavy atom. The fraction of sp³-hybridized carbons (Fsp3) is 1.00. The lowest BCUT2D eigenvalue weighted by Gasteiger charge is -2.38. The van der Waals surface area contributed by atoms with Crippen LogP contribution in [0.2, 0.25) is 0 Å². The molecule has 2 rings (SSSR count). The average molecular weight is 212 g/mol. The number of aliphatic hydroxyl groups excluding tert-OH is 1. The van der Waals surface area contributed by atoms with Crippen molar-refractivity contribution in [3.63, 3.8) is 0 Å². The third-order valence-corrected chi connectivity index (χ3v) is 4.00. The first-order valence-electron chi connectivity index (χ1n) is 6.45. The van der Waals surface area contributed by atoms with Gasteiger partial charge in [-0.3, -0.25) is 4.90 Å². The standard InChI is InChI=1S/C12H24N2O/c13-11-6-4-10(5-7-11)12(15)14-8-2-1-3-9-14/h10-12,15H,1-9,13H2. The molecule has 0 aromatic rings. The quantitative estimate of drug-likeness (QED) is 0.725. The summed E-state index contributed by atoms with van der Waals surface area (Å²) in [6, 6.07) is 0.384. The Hall–Kier alpha value is -0.120. The molecule has 1 unspecified atom stereocenters. The second-order valence-electron chi connectivity index (χ2n) is 5.19. The van der Waals surface area contributed by atoms with E-state index in [9.17, 15) is 5.11 Å². The Labute approximate surface area is 92.6 Å². The average Bonchev–Trinajstić information content (AvgIpc) is 2.30. The minimum Gasteiger partial charge on any atom is -0.378 e. The number of rotatable bonds is 2. The molecule has 0 aromatic heterocycles. The highest BCUT2D eigenvalue weighted by molar-refractivity contribution is 4.80. The van der Waals surface area contributed by atoms with Gasteiger partial charge in [-0.2, -0.15) is 0 Å². The van der Waals surface area contributed by atoms with E-state index in [1.807, 2.05) is 0 Å². The SMILES string of the molecule is NC1CCC(C(O)N2CCCCC2)CC1. The van der Waals surface area contributed by atoms with Crippen LogP contribution in [0.15, 0.2) is 0 Å². The predicted molar refractivity (Wildman–Crippen MR) is 61.4 cm³/mol. The van der Waals surface area contributed by atoms with Crippen molar-refractivity contribution in [1.29, 1.82) is 0 Å². The summed E-state index contributed by atoms with van der Waals surface area (Å²) in [5.41, 5.74) is 5.88. The van der Waals surface area contributed by atoms with Crippen LogP contribution in [0.1, 0.15) is 44.9 Å². The molecule has 1 aliphatic carbocycles. The summed E-state index contributed by atoms with van der Waals surface area (Å²) in [5.74, 6) is 0.475. The number of nitrogens with two attached hydrogens (primary N) is 1. The normalized spacial score (nSPS) is 36.4. The molecular weight excluding hydrogens is 188 g/mol. The van der Waals surface area contributed by atoms with Crippen LogP contribution in [0.5, 0.6) is 0 Å². The molecule has 15 heavy (non-hydrogen) atoms. The van der Waals surface area contributed by atoms with Crippen molar-refractivity contribution in [1.82, 2.24) is 4.90 Å². The summed E-state index contributed by atoms with van der Waals surface area (Å²) < 4.78 is 0. The van der Waals surface area contributed by atoms with E-state index < -0.39 is 0 Å². The van der Waals surface area contributed by atoms with Crippen LogP contribution < -0.4 is 5.73 Å². The van der Waals surface area contributed by atoms with E-state index in [4.69, 9.17) is 5.73 Å². The van der Waals surface area contributed by atoms with Crippen LogP contribution in [0.4, 0.5) is 0 Å². The Morgan fingerprint density at radius 3 is 2.20 bits per heavy atom. The number of hydrogen-bond acceptors (Lipinski definition) is 3. The highest BCUT2D eigenvalue weighted by Gasteiger charge is 2.29. The van der Waals surface area contributed by atoms with Crippen LogP contribution in [0.25, 0.3) is 0 Å². The first-order chi connectivity index (χ1) is 7.27. The number of piperidine rings is 1. The van der Waals surface area contributed by atoms with E-state index in [1.165, 1.54) is 19.3 Å². The van der Waals surface area contributed by atoms with Gasteiger partial charge in [0, 0.05) is 19.1 Å². The van der Waals surface area contributed by atoms with Crippen LogP contribution in [-0.2, 0) is 0 Å². The summed E-state index contributed by atoms with van der Waals surface area (Å²) >= 11 is 0. The van der Waals surface area contributed by atoms with Gasteiger partial charge < -0.3 is 10.8 Å². The summed E-state index contributed by atoms with van der Waals surface area (Å²) in [7, 11) is 0. The zero-order valence-corrected chi connectivity index (χ0v) is 9.57. The maximum Gasteiger partial charge on any atom is 0.110 e. The van der Waals surface area contributed by atoms with Crippen molar-refractivity contribution in [2.45, 2.75) is 57.2 Å². The molecule has 1 saturated heterocycles. The van der Waals surface area contributed by atoms with Gasteiger partial charge in [-0.05, 0) is 44.4 Å². The van der Waals surface area contributed by atoms with Crippen molar-refractivity contribution < 1.29 is 5.11 Å². The third-order valence-electron chi connectivity index (χ3n) is 4.00. The molecule has 3 nitrogen and oxygen atoms in total. The lowest BCUT2D eigenvalue weighted by molar-refractivity contribution is -0.0597. The van der Waals surface area contributed by atoms with Crippen LogP contribution in [-0.4, -0.2) is 35.4 Å². The van der Waals surface area contributed by atoms with E-state index in [2.05, 4.69) is 4.90 Å². The first-order valence-corrected chi connectivity index (χ1v) is 6.45. The topological polar surface area (TPSA) is 49.5 Å². The van der Waals surface area contributed by atoms with Crippen molar-refractivity contribution in [2.75, 3.05) is 13.1 Å². The Kier molecular flexibility index (Phi) is 4.00. The molecule has 1 saturated carbocycles. The van der Waals surface area contributed by atoms with Gasteiger partial charge in [0.1, 0.15) is 6.23 Å². The molecule has 1 aliphatic heterocycles. The molecule has 0 aromatic carbocycles. The van der Waals surface area contributed by atoms with Gasteiger partial charge in [-0.15, -0.1) is 0 Å². The number of likely N-dealkylation sites (tertiary alicyclic amines) is 1. The second kappa shape index (κ2) is 5.28. The fourth-order valence-corrected chi connectivity index (χ4v) is 2.92. The van der Waals surface area contributed by atoms with E-state index in [-0.39, 0.29) is 6.23 Å². The summed E-state index contributed by atoms with van der Waals surface area (Å²) in [6.45, 7) is 2.17. The van der Waals surface area contributed by atoms with Gasteiger partial charge in [0.25, 0.3) is 0 Å². The summed E-state index contributed by atoms with van der Waals surface area (Å²) in [4.78, 5) is 2.27. The summed E-state index contributed by atoms with van der Waals surface area (Å²) in [6.07, 6.45) is 8.05. The van der Waals surface area contributed by atoms with Crippen molar-refractivity contribution in [3.8, 4) is 0 Å². The first kappa shape index (κ1) is 11.4. The van der Waals surface area contributed by atoms with E-state index in [0.29, 0.717) is 12.0 Å². The zero-order valence-electron chi connectivity index (χ0n) is 9.57. The molecule has 0 amide bonds. The number of hydrogen-bond donors (Lipinski definition) is 2. The maximum atomic E-state index is 10.3. The molecule has 0 bridgehead atoms. The van der Waals surface area contributed by atoms with E-state index >= 15 is 0 Å². The molecule has 2 aliphatic rings. The Bertz CT molecular complexity index is 184. The molecule has 1 heterocycles. The van der Waals surface area contributed by atoms with Gasteiger partial charge in [-0.25, -0.2) is 0 Å². The maximum absolute atomic E-state index is 10.3. The number of aliphatic hydroxyl groups is 1. The highest BCUT2D eigenvalue weighted by Crippen LogP contribution is 2.28. The van der Waals surface area contributed by atoms with Gasteiger partial charge in [-0.1, -0.05) is 6.42 Å². The summed E-state index contributed by atoms with van der Waals surface area (Å²) in [5, 5.41) is 10.3. The second-order valence-corrected chi connectivity index (χ2v) is 5.19. The lowest BCUT2D eigenvalue weighted by Crippen LogP contribution is -2.45. The van der Waals surface area contributed by atoms with Crippen molar-refractivity contribution in [2.24, 2.45) is 11.7 Å². The molecule has 1 atom stereocenters. The van der Waals surface area contributed by atoms with Gasteiger partial charge >= 0.3 is 0 Å². The molecule has 0 spiro atoms. The van der Waals surface area contributed by atoms with Crippen LogP contribution in [0, 0.1) is 5.92 Å². The van der Waals surface area contributed by atoms with Crippen molar-refractivity contribution in [3.05, 3.63) is 0 Å². The van der Waals surface area contributed by atoms with Gasteiger partial charge in [0.05, 0.1) is 0 Å².